The maximum Gasteiger partial charge on any atom is 0.316 e. The minimum Gasteiger partial charge on any atom is -0.465 e. The van der Waals surface area contributed by atoms with Crippen molar-refractivity contribution in [3.8, 4) is 0 Å². The van der Waals surface area contributed by atoms with Gasteiger partial charge in [-0.3, -0.25) is 9.59 Å². The molecule has 0 fully saturated rings. The highest BCUT2D eigenvalue weighted by molar-refractivity contribution is 7.98. The van der Waals surface area contributed by atoms with E-state index in [1.807, 2.05) is 12.3 Å². The van der Waals surface area contributed by atoms with Gasteiger partial charge in [0.25, 0.3) is 0 Å². The number of halogens is 1. The maximum absolute atomic E-state index is 13.0. The first kappa shape index (κ1) is 19.2. The number of Topliss-reactive ketones (excluding diaryl/α,β-unsaturated/α-hetero) is 1. The van der Waals surface area contributed by atoms with Crippen molar-refractivity contribution < 1.29 is 18.7 Å². The number of carbonyl (C=O) groups excluding carboxylic acids is 2. The predicted molar refractivity (Wildman–Crippen MR) is 97.4 cm³/mol. The van der Waals surface area contributed by atoms with Gasteiger partial charge in [0.1, 0.15) is 11.7 Å². The van der Waals surface area contributed by atoms with Gasteiger partial charge in [0.15, 0.2) is 5.78 Å². The van der Waals surface area contributed by atoms with Crippen LogP contribution in [-0.2, 0) is 16.0 Å². The molecule has 0 radical (unpaired) electrons. The van der Waals surface area contributed by atoms with Crippen LogP contribution in [0.5, 0.6) is 0 Å². The highest BCUT2D eigenvalue weighted by Crippen LogP contribution is 2.21. The molecule has 0 heterocycles. The van der Waals surface area contributed by atoms with Gasteiger partial charge in [-0.05, 0) is 55.9 Å². The van der Waals surface area contributed by atoms with Crippen molar-refractivity contribution in [2.75, 3.05) is 12.9 Å². The maximum atomic E-state index is 13.0. The molecule has 25 heavy (non-hydrogen) atoms. The van der Waals surface area contributed by atoms with E-state index in [1.165, 1.54) is 23.9 Å². The Morgan fingerprint density at radius 2 is 1.88 bits per heavy atom. The lowest BCUT2D eigenvalue weighted by Gasteiger charge is -2.15. The van der Waals surface area contributed by atoms with E-state index in [1.54, 1.807) is 37.3 Å². The molecule has 0 spiro atoms. The van der Waals surface area contributed by atoms with Gasteiger partial charge < -0.3 is 4.74 Å². The fraction of sp³-hybridized carbons (Fsp3) is 0.300. The van der Waals surface area contributed by atoms with Crippen LogP contribution in [0.15, 0.2) is 53.4 Å². The van der Waals surface area contributed by atoms with Crippen LogP contribution in [0.25, 0.3) is 0 Å². The Kier molecular flexibility index (Phi) is 7.19. The highest BCUT2D eigenvalue weighted by Gasteiger charge is 2.28. The Balaban J connectivity index is 2.17. The van der Waals surface area contributed by atoms with Gasteiger partial charge in [-0.2, -0.15) is 0 Å². The molecular formula is C20H21FO3S. The van der Waals surface area contributed by atoms with Gasteiger partial charge in [-0.15, -0.1) is 11.8 Å². The van der Waals surface area contributed by atoms with Gasteiger partial charge in [-0.1, -0.05) is 24.3 Å². The zero-order valence-electron chi connectivity index (χ0n) is 14.3. The number of thioether (sulfide) groups is 1. The summed E-state index contributed by atoms with van der Waals surface area (Å²) in [7, 11) is 0. The van der Waals surface area contributed by atoms with E-state index in [2.05, 4.69) is 0 Å². The predicted octanol–water partition coefficient (Wildman–Crippen LogP) is 4.54. The number of carbonyl (C=O) groups is 2. The largest absolute Gasteiger partial charge is 0.465 e. The highest BCUT2D eigenvalue weighted by atomic mass is 32.2. The van der Waals surface area contributed by atoms with Crippen LogP contribution in [-0.4, -0.2) is 24.6 Å². The molecule has 5 heteroatoms. The van der Waals surface area contributed by atoms with Crippen LogP contribution in [0.2, 0.25) is 0 Å². The molecule has 0 N–H and O–H groups in total. The molecule has 0 aliphatic rings. The van der Waals surface area contributed by atoms with Crippen molar-refractivity contribution in [3.05, 3.63) is 65.5 Å². The Morgan fingerprint density at radius 3 is 2.52 bits per heavy atom. The molecule has 0 amide bonds. The summed E-state index contributed by atoms with van der Waals surface area (Å²) < 4.78 is 18.1. The summed E-state index contributed by atoms with van der Waals surface area (Å²) in [5.74, 6) is -1.92. The molecule has 132 valence electrons. The SMILES string of the molecule is CCOC(=O)C(CCc1ccc(F)cc1)C(=O)c1cccc(SC)c1. The molecule has 3 nitrogen and oxygen atoms in total. The Bertz CT molecular complexity index is 728. The van der Waals surface area contributed by atoms with Gasteiger partial charge in [0.05, 0.1) is 6.61 Å². The molecule has 2 rings (SSSR count). The quantitative estimate of drug-likeness (QED) is 0.300. The van der Waals surface area contributed by atoms with Crippen LogP contribution in [0.3, 0.4) is 0 Å². The van der Waals surface area contributed by atoms with Crippen LogP contribution in [0.1, 0.15) is 29.3 Å². The standard InChI is InChI=1S/C20H21FO3S/c1-3-24-20(23)18(12-9-14-7-10-16(21)11-8-14)19(22)15-5-4-6-17(13-15)25-2/h4-8,10-11,13,18H,3,9,12H2,1-2H3. The lowest BCUT2D eigenvalue weighted by Crippen LogP contribution is -2.27. The topological polar surface area (TPSA) is 43.4 Å². The Morgan fingerprint density at radius 1 is 1.16 bits per heavy atom. The summed E-state index contributed by atoms with van der Waals surface area (Å²) in [6, 6.07) is 13.3. The monoisotopic (exact) mass is 360 g/mol. The van der Waals surface area contributed by atoms with E-state index < -0.39 is 11.9 Å². The normalized spacial score (nSPS) is 11.8. The van der Waals surface area contributed by atoms with Gasteiger partial charge >= 0.3 is 5.97 Å². The zero-order valence-corrected chi connectivity index (χ0v) is 15.1. The molecule has 1 atom stereocenters. The van der Waals surface area contributed by atoms with Crippen LogP contribution in [0, 0.1) is 11.7 Å². The lowest BCUT2D eigenvalue weighted by atomic mass is 9.91. The van der Waals surface area contributed by atoms with Gasteiger partial charge in [-0.25, -0.2) is 4.39 Å². The van der Waals surface area contributed by atoms with Crippen molar-refractivity contribution >= 4 is 23.5 Å². The number of hydrogen-bond acceptors (Lipinski definition) is 4. The van der Waals surface area contributed by atoms with Crippen molar-refractivity contribution in [1.29, 1.82) is 0 Å². The van der Waals surface area contributed by atoms with Gasteiger partial charge in [0.2, 0.25) is 0 Å². The first-order chi connectivity index (χ1) is 12.0. The summed E-state index contributed by atoms with van der Waals surface area (Å²) in [6.45, 7) is 1.94. The van der Waals surface area contributed by atoms with Crippen molar-refractivity contribution in [2.24, 2.45) is 5.92 Å². The Labute approximate surface area is 151 Å². The van der Waals surface area contributed by atoms with Crippen molar-refractivity contribution in [1.82, 2.24) is 0 Å². The minimum absolute atomic E-state index is 0.226. The van der Waals surface area contributed by atoms with E-state index in [0.717, 1.165) is 10.5 Å². The number of rotatable bonds is 8. The van der Waals surface area contributed by atoms with E-state index in [-0.39, 0.29) is 18.2 Å². The zero-order chi connectivity index (χ0) is 18.2. The van der Waals surface area contributed by atoms with E-state index in [9.17, 15) is 14.0 Å². The number of ether oxygens (including phenoxy) is 1. The molecular weight excluding hydrogens is 339 g/mol. The molecule has 1 unspecified atom stereocenters. The second-order valence-corrected chi connectivity index (χ2v) is 6.45. The van der Waals surface area contributed by atoms with Crippen molar-refractivity contribution in [3.63, 3.8) is 0 Å². The lowest BCUT2D eigenvalue weighted by molar-refractivity contribution is -0.146. The summed E-state index contributed by atoms with van der Waals surface area (Å²) in [4.78, 5) is 26.1. The first-order valence-electron chi connectivity index (χ1n) is 8.14. The number of benzene rings is 2. The fourth-order valence-electron chi connectivity index (χ4n) is 2.54. The van der Waals surface area contributed by atoms with E-state index >= 15 is 0 Å². The number of esters is 1. The van der Waals surface area contributed by atoms with Crippen LogP contribution in [0.4, 0.5) is 4.39 Å². The van der Waals surface area contributed by atoms with Crippen LogP contribution >= 0.6 is 11.8 Å². The van der Waals surface area contributed by atoms with E-state index in [4.69, 9.17) is 4.74 Å². The number of aryl methyl sites for hydroxylation is 1. The van der Waals surface area contributed by atoms with Gasteiger partial charge in [0, 0.05) is 10.5 Å². The number of ketones is 1. The smallest absolute Gasteiger partial charge is 0.316 e. The third-order valence-corrected chi connectivity index (χ3v) is 4.60. The van der Waals surface area contributed by atoms with E-state index in [0.29, 0.717) is 18.4 Å². The third kappa shape index (κ3) is 5.43. The third-order valence-electron chi connectivity index (χ3n) is 3.88. The molecule has 0 aliphatic carbocycles. The fourth-order valence-corrected chi connectivity index (χ4v) is 3.00. The Hall–Kier alpha value is -2.14. The summed E-state index contributed by atoms with van der Waals surface area (Å²) in [5.41, 5.74) is 1.38. The molecule has 0 saturated carbocycles. The average Bonchev–Trinajstić information content (AvgIpc) is 2.63. The molecule has 0 aliphatic heterocycles. The van der Waals surface area contributed by atoms with Crippen LogP contribution < -0.4 is 0 Å². The first-order valence-corrected chi connectivity index (χ1v) is 9.37. The molecule has 0 aromatic heterocycles. The van der Waals surface area contributed by atoms with Crippen molar-refractivity contribution in [2.45, 2.75) is 24.7 Å². The molecule has 2 aromatic carbocycles. The summed E-state index contributed by atoms with van der Waals surface area (Å²) in [5, 5.41) is 0. The molecule has 0 bridgehead atoms. The molecule has 2 aromatic rings. The summed E-state index contributed by atoms with van der Waals surface area (Å²) >= 11 is 1.54. The second-order valence-electron chi connectivity index (χ2n) is 5.57. The number of hydrogen-bond donors (Lipinski definition) is 0. The average molecular weight is 360 g/mol. The minimum atomic E-state index is -0.859. The summed E-state index contributed by atoms with van der Waals surface area (Å²) in [6.07, 6.45) is 2.76. The molecule has 0 saturated heterocycles. The second kappa shape index (κ2) is 9.37.